The highest BCUT2D eigenvalue weighted by Crippen LogP contribution is 2.37. The van der Waals surface area contributed by atoms with Crippen molar-refractivity contribution in [1.82, 2.24) is 33.9 Å². The first-order valence-corrected chi connectivity index (χ1v) is 14.6. The van der Waals surface area contributed by atoms with Crippen LogP contribution in [0.15, 0.2) is 43.0 Å². The third-order valence-corrected chi connectivity index (χ3v) is 7.89. The lowest BCUT2D eigenvalue weighted by atomic mass is 10.1. The minimum Gasteiger partial charge on any atom is -0.337 e. The van der Waals surface area contributed by atoms with E-state index in [1.54, 1.807) is 34.1 Å². The van der Waals surface area contributed by atoms with Crippen LogP contribution in [0.2, 0.25) is 5.02 Å². The molecule has 1 aliphatic heterocycles. The van der Waals surface area contributed by atoms with Crippen molar-refractivity contribution in [3.63, 3.8) is 0 Å². The molecule has 46 heavy (non-hydrogen) atoms. The molecule has 0 atom stereocenters. The van der Waals surface area contributed by atoms with Crippen LogP contribution in [0.4, 0.5) is 24.7 Å². The van der Waals surface area contributed by atoms with Crippen LogP contribution in [0.3, 0.4) is 0 Å². The summed E-state index contributed by atoms with van der Waals surface area (Å²) in [5.74, 6) is 0.0426. The first-order valence-electron chi connectivity index (χ1n) is 14.3. The summed E-state index contributed by atoms with van der Waals surface area (Å²) < 4.78 is 43.4. The Morgan fingerprint density at radius 2 is 1.89 bits per heavy atom. The number of halogens is 4. The van der Waals surface area contributed by atoms with Gasteiger partial charge in [0.2, 0.25) is 0 Å². The van der Waals surface area contributed by atoms with E-state index in [9.17, 15) is 18.0 Å². The number of terminal acetylenes is 1. The van der Waals surface area contributed by atoms with Gasteiger partial charge in [-0.1, -0.05) is 38.3 Å². The molecule has 6 rings (SSSR count). The zero-order valence-corrected chi connectivity index (χ0v) is 24.9. The molecule has 1 aliphatic carbocycles. The topological polar surface area (TPSA) is 133 Å². The van der Waals surface area contributed by atoms with Crippen LogP contribution in [0, 0.1) is 23.8 Å². The van der Waals surface area contributed by atoms with Crippen molar-refractivity contribution >= 4 is 34.7 Å². The summed E-state index contributed by atoms with van der Waals surface area (Å²) in [5, 5.41) is 15.7. The molecule has 4 heterocycles. The fraction of sp³-hybridized carbons (Fsp3) is 0.387. The fourth-order valence-electron chi connectivity index (χ4n) is 5.25. The van der Waals surface area contributed by atoms with Gasteiger partial charge in [0.05, 0.1) is 34.1 Å². The monoisotopic (exact) mass is 654 g/mol. The van der Waals surface area contributed by atoms with E-state index in [2.05, 4.69) is 26.4 Å². The molecular formula is C31H34ClF3N10O. The smallest absolute Gasteiger partial charge is 0.337 e. The number of rotatable bonds is 5. The Labute approximate surface area is 269 Å². The number of imidazole rings is 1. The molecule has 3 N–H and O–H groups in total. The average molecular weight is 655 g/mol. The van der Waals surface area contributed by atoms with E-state index in [1.165, 1.54) is 48.7 Å². The first-order chi connectivity index (χ1) is 21.6. The Hall–Kier alpha value is -4.79. The molecule has 3 aromatic heterocycles. The second-order valence-corrected chi connectivity index (χ2v) is 11.0. The molecule has 4 aromatic rings. The molecule has 0 unspecified atom stereocenters. The van der Waals surface area contributed by atoms with E-state index < -0.39 is 11.9 Å². The molecule has 0 bridgehead atoms. The molecule has 1 saturated carbocycles. The van der Waals surface area contributed by atoms with Gasteiger partial charge in [-0.3, -0.25) is 13.9 Å². The number of carbonyl (C=O) groups excluding carboxylic acids is 1. The Balaban J connectivity index is 0.000000617. The number of nitriles is 1. The molecule has 2 aliphatic rings. The highest BCUT2D eigenvalue weighted by atomic mass is 35.5. The third-order valence-electron chi connectivity index (χ3n) is 7.58. The van der Waals surface area contributed by atoms with Gasteiger partial charge < -0.3 is 20.9 Å². The number of nitrogens with two attached hydrogens (primary N) is 1. The summed E-state index contributed by atoms with van der Waals surface area (Å²) in [4.78, 5) is 25.0. The number of nitrogens with one attached hydrogen (secondary N) is 1. The van der Waals surface area contributed by atoms with Gasteiger partial charge in [-0.2, -0.15) is 23.5 Å². The molecule has 1 saturated heterocycles. The number of piperazine rings is 1. The van der Waals surface area contributed by atoms with Gasteiger partial charge in [0.1, 0.15) is 6.54 Å². The van der Waals surface area contributed by atoms with Crippen molar-refractivity contribution in [2.75, 3.05) is 31.5 Å². The largest absolute Gasteiger partial charge is 0.435 e. The fourth-order valence-corrected chi connectivity index (χ4v) is 5.51. The van der Waals surface area contributed by atoms with Gasteiger partial charge in [0.25, 0.3) is 5.91 Å². The summed E-state index contributed by atoms with van der Waals surface area (Å²) >= 11 is 6.45. The number of amides is 1. The van der Waals surface area contributed by atoms with Gasteiger partial charge in [-0.25, -0.2) is 9.97 Å². The number of aromatic nitrogens is 5. The lowest BCUT2D eigenvalue weighted by Crippen LogP contribution is -2.47. The summed E-state index contributed by atoms with van der Waals surface area (Å²) in [6.45, 7) is 1.78. The number of hydrogen-bond donors (Lipinski definition) is 2. The number of carbonyl (C=O) groups is 1. The zero-order chi connectivity index (χ0) is 32.1. The summed E-state index contributed by atoms with van der Waals surface area (Å²) in [6.07, 6.45) is 11.2. The quantitative estimate of drug-likeness (QED) is 0.273. The van der Waals surface area contributed by atoms with Crippen LogP contribution in [-0.4, -0.2) is 72.1 Å². The molecule has 1 aromatic carbocycles. The molecule has 0 radical (unpaired) electrons. The van der Waals surface area contributed by atoms with Crippen LogP contribution in [-0.2, 0) is 12.7 Å². The Kier molecular flexibility index (Phi) is 10.8. The van der Waals surface area contributed by atoms with E-state index >= 15 is 0 Å². The van der Waals surface area contributed by atoms with Crippen LogP contribution in [0.25, 0.3) is 16.9 Å². The van der Waals surface area contributed by atoms with Gasteiger partial charge in [-0.15, -0.1) is 0 Å². The van der Waals surface area contributed by atoms with E-state index in [1.807, 2.05) is 0 Å². The van der Waals surface area contributed by atoms with Gasteiger partial charge in [-0.05, 0) is 31.0 Å². The maximum absolute atomic E-state index is 13.7. The highest BCUT2D eigenvalue weighted by molar-refractivity contribution is 6.34. The zero-order valence-electron chi connectivity index (χ0n) is 24.1. The number of anilines is 2. The summed E-state index contributed by atoms with van der Waals surface area (Å²) in [7, 11) is 0. The SMILES string of the molecule is C.C#CN1CCN(C(=O)c2ccc(Nc3nccn4c(-c5cn(CC#N)nc5C(F)(F)F)cnc34)cc2Cl)CC1.NC1CCCC1. The highest BCUT2D eigenvalue weighted by Gasteiger charge is 2.38. The second kappa shape index (κ2) is 14.5. The molecule has 1 amide bonds. The Morgan fingerprint density at radius 1 is 1.17 bits per heavy atom. The summed E-state index contributed by atoms with van der Waals surface area (Å²) in [5.41, 5.74) is 5.38. The van der Waals surface area contributed by atoms with Crippen molar-refractivity contribution in [2.45, 2.75) is 51.9 Å². The van der Waals surface area contributed by atoms with Crippen molar-refractivity contribution in [3.8, 4) is 29.8 Å². The van der Waals surface area contributed by atoms with Crippen molar-refractivity contribution in [1.29, 1.82) is 5.26 Å². The molecule has 2 fully saturated rings. The first kappa shape index (κ1) is 34.1. The molecular weight excluding hydrogens is 621 g/mol. The lowest BCUT2D eigenvalue weighted by Gasteiger charge is -2.32. The van der Waals surface area contributed by atoms with Gasteiger partial charge in [0, 0.05) is 62.5 Å². The van der Waals surface area contributed by atoms with Crippen molar-refractivity contribution in [3.05, 3.63) is 59.3 Å². The molecule has 242 valence electrons. The lowest BCUT2D eigenvalue weighted by molar-refractivity contribution is -0.141. The van der Waals surface area contributed by atoms with E-state index in [-0.39, 0.29) is 47.6 Å². The van der Waals surface area contributed by atoms with E-state index in [0.717, 1.165) is 10.9 Å². The van der Waals surface area contributed by atoms with E-state index in [4.69, 9.17) is 29.0 Å². The third kappa shape index (κ3) is 7.53. The average Bonchev–Trinajstić information content (AvgIpc) is 3.78. The minimum absolute atomic E-state index is 0. The standard InChI is InChI=1S/C25H19ClF3N9O.C5H11N.CH4/c1-2-35-9-11-36(12-10-35)24(39)17-4-3-16(13-19(17)26)33-22-23-32-14-20(38(23)8-6-31-22)18-15-37(7-5-30)34-21(18)25(27,28)29;6-5-3-1-2-4-5;/h1,3-4,6,8,13-15H,7,9-12H2,(H,31,33);5H,1-4,6H2;1H4. The molecule has 15 heteroatoms. The Morgan fingerprint density at radius 3 is 2.48 bits per heavy atom. The number of benzene rings is 1. The maximum Gasteiger partial charge on any atom is 0.435 e. The van der Waals surface area contributed by atoms with Crippen LogP contribution in [0.1, 0.15) is 49.2 Å². The normalized spacial score (nSPS) is 15.0. The van der Waals surface area contributed by atoms with Crippen LogP contribution in [0.5, 0.6) is 0 Å². The van der Waals surface area contributed by atoms with Crippen molar-refractivity contribution in [2.24, 2.45) is 5.73 Å². The van der Waals surface area contributed by atoms with Gasteiger partial charge in [0.15, 0.2) is 17.2 Å². The second-order valence-electron chi connectivity index (χ2n) is 10.6. The number of hydrogen-bond acceptors (Lipinski definition) is 8. The van der Waals surface area contributed by atoms with Crippen LogP contribution < -0.4 is 11.1 Å². The predicted molar refractivity (Wildman–Crippen MR) is 169 cm³/mol. The van der Waals surface area contributed by atoms with Crippen molar-refractivity contribution < 1.29 is 18.0 Å². The Bertz CT molecular complexity index is 1760. The number of fused-ring (bicyclic) bond motifs is 1. The van der Waals surface area contributed by atoms with Gasteiger partial charge >= 0.3 is 6.18 Å². The predicted octanol–water partition coefficient (Wildman–Crippen LogP) is 5.40. The number of nitrogens with zero attached hydrogens (tertiary/aromatic N) is 8. The minimum atomic E-state index is -4.74. The maximum atomic E-state index is 13.7. The van der Waals surface area contributed by atoms with Crippen LogP contribution >= 0.6 is 11.6 Å². The van der Waals surface area contributed by atoms with E-state index in [0.29, 0.717) is 43.5 Å². The molecule has 0 spiro atoms. The number of alkyl halides is 3. The summed E-state index contributed by atoms with van der Waals surface area (Å²) in [6, 6.07) is 9.70. The molecule has 11 nitrogen and oxygen atoms in total.